The summed E-state index contributed by atoms with van der Waals surface area (Å²) >= 11 is 6.07. The van der Waals surface area contributed by atoms with Gasteiger partial charge in [-0.25, -0.2) is 0 Å². The van der Waals surface area contributed by atoms with E-state index < -0.39 is 0 Å². The van der Waals surface area contributed by atoms with Gasteiger partial charge in [-0.1, -0.05) is 23.7 Å². The van der Waals surface area contributed by atoms with Gasteiger partial charge in [0.1, 0.15) is 0 Å². The SMILES string of the molecule is NCCN1C=Cc2c(Cl)cccc2C1. The third-order valence-corrected chi connectivity index (χ3v) is 2.71. The molecule has 0 aliphatic carbocycles. The van der Waals surface area contributed by atoms with Crippen LogP contribution in [0.1, 0.15) is 11.1 Å². The van der Waals surface area contributed by atoms with E-state index in [4.69, 9.17) is 17.3 Å². The Balaban J connectivity index is 2.27. The molecule has 0 bridgehead atoms. The molecule has 0 fully saturated rings. The second-order valence-corrected chi connectivity index (χ2v) is 3.79. The summed E-state index contributed by atoms with van der Waals surface area (Å²) in [5, 5.41) is 0.825. The van der Waals surface area contributed by atoms with Crippen LogP contribution in [-0.4, -0.2) is 18.0 Å². The van der Waals surface area contributed by atoms with Crippen LogP contribution in [0.3, 0.4) is 0 Å². The minimum absolute atomic E-state index is 0.681. The maximum atomic E-state index is 6.07. The van der Waals surface area contributed by atoms with Crippen molar-refractivity contribution in [3.05, 3.63) is 40.5 Å². The van der Waals surface area contributed by atoms with Crippen LogP contribution in [0.4, 0.5) is 0 Å². The third-order valence-electron chi connectivity index (χ3n) is 2.38. The van der Waals surface area contributed by atoms with E-state index in [0.717, 1.165) is 23.7 Å². The van der Waals surface area contributed by atoms with Crippen molar-refractivity contribution in [3.8, 4) is 0 Å². The van der Waals surface area contributed by atoms with Crippen LogP contribution < -0.4 is 5.73 Å². The Kier molecular flexibility index (Phi) is 2.75. The summed E-state index contributed by atoms with van der Waals surface area (Å²) in [7, 11) is 0. The molecule has 2 nitrogen and oxygen atoms in total. The van der Waals surface area contributed by atoms with Gasteiger partial charge in [0.15, 0.2) is 0 Å². The highest BCUT2D eigenvalue weighted by Gasteiger charge is 2.11. The summed E-state index contributed by atoms with van der Waals surface area (Å²) in [5.41, 5.74) is 7.92. The van der Waals surface area contributed by atoms with Crippen molar-refractivity contribution >= 4 is 17.7 Å². The van der Waals surface area contributed by atoms with Crippen LogP contribution in [0.5, 0.6) is 0 Å². The molecule has 2 rings (SSSR count). The molecule has 0 saturated carbocycles. The molecule has 0 amide bonds. The first-order valence-electron chi connectivity index (χ1n) is 4.71. The highest BCUT2D eigenvalue weighted by Crippen LogP contribution is 2.26. The molecule has 0 radical (unpaired) electrons. The topological polar surface area (TPSA) is 29.3 Å². The first-order valence-corrected chi connectivity index (χ1v) is 5.09. The van der Waals surface area contributed by atoms with Crippen molar-refractivity contribution in [2.75, 3.05) is 13.1 Å². The number of nitrogens with zero attached hydrogens (tertiary/aromatic N) is 1. The highest BCUT2D eigenvalue weighted by molar-refractivity contribution is 6.32. The molecule has 3 heteroatoms. The van der Waals surface area contributed by atoms with Crippen LogP contribution in [0.15, 0.2) is 24.4 Å². The molecule has 1 aliphatic rings. The molecule has 1 aromatic carbocycles. The number of benzene rings is 1. The second-order valence-electron chi connectivity index (χ2n) is 3.39. The van der Waals surface area contributed by atoms with Gasteiger partial charge >= 0.3 is 0 Å². The van der Waals surface area contributed by atoms with Crippen molar-refractivity contribution in [3.63, 3.8) is 0 Å². The Morgan fingerprint density at radius 1 is 1.43 bits per heavy atom. The standard InChI is InChI=1S/C11H13ClN2/c12-11-3-1-2-9-8-14(7-5-13)6-4-10(9)11/h1-4,6H,5,7-8,13H2. The van der Waals surface area contributed by atoms with Crippen molar-refractivity contribution in [1.82, 2.24) is 4.90 Å². The van der Waals surface area contributed by atoms with Crippen LogP contribution in [0.2, 0.25) is 5.02 Å². The van der Waals surface area contributed by atoms with Gasteiger partial charge in [0.05, 0.1) is 0 Å². The van der Waals surface area contributed by atoms with Crippen LogP contribution in [0.25, 0.3) is 6.08 Å². The maximum Gasteiger partial charge on any atom is 0.0482 e. The normalized spacial score (nSPS) is 14.3. The predicted molar refractivity (Wildman–Crippen MR) is 60.0 cm³/mol. The zero-order valence-electron chi connectivity index (χ0n) is 7.91. The van der Waals surface area contributed by atoms with Gasteiger partial charge in [0, 0.05) is 30.9 Å². The first kappa shape index (κ1) is 9.56. The lowest BCUT2D eigenvalue weighted by Crippen LogP contribution is -2.26. The van der Waals surface area contributed by atoms with Gasteiger partial charge in [0.25, 0.3) is 0 Å². The molecule has 2 N–H and O–H groups in total. The number of halogens is 1. The average molecular weight is 209 g/mol. The Labute approximate surface area is 89.0 Å². The van der Waals surface area contributed by atoms with Crippen LogP contribution in [0, 0.1) is 0 Å². The molecule has 1 aliphatic heterocycles. The van der Waals surface area contributed by atoms with Gasteiger partial charge < -0.3 is 10.6 Å². The molecular formula is C11H13ClN2. The van der Waals surface area contributed by atoms with Crippen molar-refractivity contribution in [2.24, 2.45) is 5.73 Å². The molecule has 1 heterocycles. The zero-order valence-corrected chi connectivity index (χ0v) is 8.67. The molecule has 14 heavy (non-hydrogen) atoms. The van der Waals surface area contributed by atoms with Gasteiger partial charge in [-0.2, -0.15) is 0 Å². The number of hydrogen-bond donors (Lipinski definition) is 1. The van der Waals surface area contributed by atoms with Gasteiger partial charge in [0.2, 0.25) is 0 Å². The van der Waals surface area contributed by atoms with Crippen molar-refractivity contribution in [2.45, 2.75) is 6.54 Å². The van der Waals surface area contributed by atoms with E-state index in [0.29, 0.717) is 6.54 Å². The first-order chi connectivity index (χ1) is 6.81. The smallest absolute Gasteiger partial charge is 0.0482 e. The molecule has 0 atom stereocenters. The van der Waals surface area contributed by atoms with Gasteiger partial charge in [-0.05, 0) is 23.3 Å². The average Bonchev–Trinajstić information content (AvgIpc) is 2.18. The summed E-state index contributed by atoms with van der Waals surface area (Å²) in [6, 6.07) is 6.01. The number of nitrogens with two attached hydrogens (primary N) is 1. The minimum Gasteiger partial charge on any atom is -0.372 e. The van der Waals surface area contributed by atoms with E-state index in [1.165, 1.54) is 5.56 Å². The van der Waals surface area contributed by atoms with E-state index in [9.17, 15) is 0 Å². The molecule has 1 aromatic rings. The van der Waals surface area contributed by atoms with E-state index in [-0.39, 0.29) is 0 Å². The number of rotatable bonds is 2. The summed E-state index contributed by atoms with van der Waals surface area (Å²) in [5.74, 6) is 0. The molecule has 0 unspecified atom stereocenters. The summed E-state index contributed by atoms with van der Waals surface area (Å²) in [6.45, 7) is 2.48. The highest BCUT2D eigenvalue weighted by atomic mass is 35.5. The Morgan fingerprint density at radius 3 is 3.07 bits per heavy atom. The summed E-state index contributed by atoms with van der Waals surface area (Å²) < 4.78 is 0. The largest absolute Gasteiger partial charge is 0.372 e. The monoisotopic (exact) mass is 208 g/mol. The second kappa shape index (κ2) is 4.03. The minimum atomic E-state index is 0.681. The Morgan fingerprint density at radius 2 is 2.29 bits per heavy atom. The van der Waals surface area contributed by atoms with Crippen LogP contribution >= 0.6 is 11.6 Å². The molecular weight excluding hydrogens is 196 g/mol. The molecule has 0 aromatic heterocycles. The third kappa shape index (κ3) is 1.76. The van der Waals surface area contributed by atoms with Crippen molar-refractivity contribution < 1.29 is 0 Å². The lowest BCUT2D eigenvalue weighted by atomic mass is 10.0. The quantitative estimate of drug-likeness (QED) is 0.807. The summed E-state index contributed by atoms with van der Waals surface area (Å²) in [4.78, 5) is 2.19. The van der Waals surface area contributed by atoms with E-state index in [1.54, 1.807) is 0 Å². The molecule has 0 saturated heterocycles. The Hall–Kier alpha value is -0.990. The predicted octanol–water partition coefficient (Wildman–Crippen LogP) is 2.08. The Bertz CT molecular complexity index is 360. The van der Waals surface area contributed by atoms with Crippen LogP contribution in [-0.2, 0) is 6.54 Å². The van der Waals surface area contributed by atoms with Crippen molar-refractivity contribution in [1.29, 1.82) is 0 Å². The van der Waals surface area contributed by atoms with E-state index >= 15 is 0 Å². The zero-order chi connectivity index (χ0) is 9.97. The van der Waals surface area contributed by atoms with Gasteiger partial charge in [-0.15, -0.1) is 0 Å². The fraction of sp³-hybridized carbons (Fsp3) is 0.273. The van der Waals surface area contributed by atoms with E-state index in [1.807, 2.05) is 12.1 Å². The number of fused-ring (bicyclic) bond motifs is 1. The fourth-order valence-electron chi connectivity index (χ4n) is 1.68. The molecule has 0 spiro atoms. The lowest BCUT2D eigenvalue weighted by molar-refractivity contribution is 0.376. The lowest BCUT2D eigenvalue weighted by Gasteiger charge is -2.25. The fourth-order valence-corrected chi connectivity index (χ4v) is 1.93. The van der Waals surface area contributed by atoms with E-state index in [2.05, 4.69) is 23.2 Å². The van der Waals surface area contributed by atoms with Gasteiger partial charge in [-0.3, -0.25) is 0 Å². The number of hydrogen-bond acceptors (Lipinski definition) is 2. The maximum absolute atomic E-state index is 6.07. The summed E-state index contributed by atoms with van der Waals surface area (Å²) in [6.07, 6.45) is 4.11. The molecule has 74 valence electrons.